The van der Waals surface area contributed by atoms with E-state index in [1.165, 1.54) is 84.5 Å². The van der Waals surface area contributed by atoms with Crippen molar-refractivity contribution >= 4 is 0 Å². The van der Waals surface area contributed by atoms with Crippen molar-refractivity contribution in [3.05, 3.63) is 0 Å². The van der Waals surface area contributed by atoms with E-state index in [0.717, 1.165) is 0 Å². The van der Waals surface area contributed by atoms with Crippen molar-refractivity contribution in [3.63, 3.8) is 0 Å². The molecule has 3 heteroatoms. The maximum atomic E-state index is 3.45. The summed E-state index contributed by atoms with van der Waals surface area (Å²) in [5.74, 6) is 0. The molecule has 1 N–H and O–H groups in total. The van der Waals surface area contributed by atoms with Crippen LogP contribution in [-0.4, -0.2) is 62.2 Å². The second kappa shape index (κ2) is 7.61. The second-order valence-electron chi connectivity index (χ2n) is 6.51. The van der Waals surface area contributed by atoms with Crippen LogP contribution in [-0.2, 0) is 0 Å². The molecule has 1 aliphatic heterocycles. The monoisotopic (exact) mass is 267 g/mol. The van der Waals surface area contributed by atoms with Gasteiger partial charge < -0.3 is 15.1 Å². The fraction of sp³-hybridized carbons (Fsp3) is 1.00. The summed E-state index contributed by atoms with van der Waals surface area (Å²) in [4.78, 5) is 5.31. The molecule has 2 rings (SSSR count). The molecule has 2 aliphatic rings. The molecule has 3 nitrogen and oxygen atoms in total. The zero-order valence-electron chi connectivity index (χ0n) is 13.1. The predicted octanol–water partition coefficient (Wildman–Crippen LogP) is 2.18. The second-order valence-corrected chi connectivity index (χ2v) is 6.51. The van der Waals surface area contributed by atoms with Gasteiger partial charge in [0.2, 0.25) is 0 Å². The maximum absolute atomic E-state index is 3.45. The zero-order chi connectivity index (χ0) is 13.6. The van der Waals surface area contributed by atoms with Crippen molar-refractivity contribution in [2.45, 2.75) is 46.0 Å². The molecule has 0 aromatic heterocycles. The van der Waals surface area contributed by atoms with Crippen LogP contribution in [0.5, 0.6) is 0 Å². The van der Waals surface area contributed by atoms with Crippen molar-refractivity contribution in [1.29, 1.82) is 0 Å². The van der Waals surface area contributed by atoms with E-state index in [-0.39, 0.29) is 0 Å². The lowest BCUT2D eigenvalue weighted by Gasteiger charge is -2.37. The average Bonchev–Trinajstić information content (AvgIpc) is 2.93. The summed E-state index contributed by atoms with van der Waals surface area (Å²) in [6, 6.07) is 0. The minimum absolute atomic E-state index is 0.636. The van der Waals surface area contributed by atoms with E-state index >= 15 is 0 Å². The van der Waals surface area contributed by atoms with E-state index in [4.69, 9.17) is 0 Å². The van der Waals surface area contributed by atoms with Gasteiger partial charge in [-0.3, -0.25) is 0 Å². The van der Waals surface area contributed by atoms with Crippen molar-refractivity contribution in [3.8, 4) is 0 Å². The average molecular weight is 267 g/mol. The first-order valence-corrected chi connectivity index (χ1v) is 8.43. The van der Waals surface area contributed by atoms with E-state index in [9.17, 15) is 0 Å². The summed E-state index contributed by atoms with van der Waals surface area (Å²) in [6.45, 7) is 14.6. The molecular formula is C16H33N3. The fourth-order valence-electron chi connectivity index (χ4n) is 3.86. The first-order valence-electron chi connectivity index (χ1n) is 8.43. The van der Waals surface area contributed by atoms with Gasteiger partial charge in [-0.2, -0.15) is 0 Å². The molecule has 2 fully saturated rings. The van der Waals surface area contributed by atoms with E-state index in [1.54, 1.807) is 0 Å². The topological polar surface area (TPSA) is 18.5 Å². The molecule has 0 amide bonds. The first kappa shape index (κ1) is 15.3. The third-order valence-corrected chi connectivity index (χ3v) is 5.29. The third kappa shape index (κ3) is 4.44. The molecule has 0 aromatic carbocycles. The summed E-state index contributed by atoms with van der Waals surface area (Å²) < 4.78 is 0. The minimum atomic E-state index is 0.636. The van der Waals surface area contributed by atoms with Crippen molar-refractivity contribution in [1.82, 2.24) is 15.1 Å². The van der Waals surface area contributed by atoms with Crippen LogP contribution in [0.15, 0.2) is 0 Å². The van der Waals surface area contributed by atoms with E-state index in [0.29, 0.717) is 5.41 Å². The standard InChI is InChI=1S/C16H33N3/c1-3-18(4-2)15-16(7-5-6-8-16)9-12-19-13-10-17-11-14-19/h17H,3-15H2,1-2H3. The molecule has 1 saturated heterocycles. The molecule has 0 unspecified atom stereocenters. The van der Waals surface area contributed by atoms with Gasteiger partial charge in [0.15, 0.2) is 0 Å². The highest BCUT2D eigenvalue weighted by molar-refractivity contribution is 4.88. The van der Waals surface area contributed by atoms with Gasteiger partial charge in [0, 0.05) is 32.7 Å². The Morgan fingerprint density at radius 3 is 2.26 bits per heavy atom. The predicted molar refractivity (Wildman–Crippen MR) is 82.6 cm³/mol. The van der Waals surface area contributed by atoms with Crippen LogP contribution in [0.1, 0.15) is 46.0 Å². The van der Waals surface area contributed by atoms with Crippen molar-refractivity contribution in [2.24, 2.45) is 5.41 Å². The smallest absolute Gasteiger partial charge is 0.0107 e. The number of hydrogen-bond acceptors (Lipinski definition) is 3. The number of rotatable bonds is 7. The van der Waals surface area contributed by atoms with Crippen LogP contribution in [0.2, 0.25) is 0 Å². The number of nitrogens with zero attached hydrogens (tertiary/aromatic N) is 2. The normalized spacial score (nSPS) is 24.2. The SMILES string of the molecule is CCN(CC)CC1(CCN2CCNCC2)CCCC1. The number of hydrogen-bond donors (Lipinski definition) is 1. The summed E-state index contributed by atoms with van der Waals surface area (Å²) in [6.07, 6.45) is 7.28. The van der Waals surface area contributed by atoms with Gasteiger partial charge in [-0.05, 0) is 44.3 Å². The lowest BCUT2D eigenvalue weighted by Crippen LogP contribution is -2.45. The van der Waals surface area contributed by atoms with E-state index in [1.807, 2.05) is 0 Å². The van der Waals surface area contributed by atoms with Crippen LogP contribution < -0.4 is 5.32 Å². The molecule has 0 radical (unpaired) electrons. The van der Waals surface area contributed by atoms with E-state index < -0.39 is 0 Å². The van der Waals surface area contributed by atoms with Gasteiger partial charge in [0.1, 0.15) is 0 Å². The van der Waals surface area contributed by atoms with Gasteiger partial charge in [0.25, 0.3) is 0 Å². The summed E-state index contributed by atoms with van der Waals surface area (Å²) >= 11 is 0. The Labute approximate surface area is 119 Å². The highest BCUT2D eigenvalue weighted by atomic mass is 15.2. The Hall–Kier alpha value is -0.120. The highest BCUT2D eigenvalue weighted by Crippen LogP contribution is 2.41. The third-order valence-electron chi connectivity index (χ3n) is 5.29. The minimum Gasteiger partial charge on any atom is -0.314 e. The van der Waals surface area contributed by atoms with Crippen LogP contribution in [0.4, 0.5) is 0 Å². The van der Waals surface area contributed by atoms with Crippen molar-refractivity contribution < 1.29 is 0 Å². The molecule has 1 heterocycles. The molecule has 0 spiro atoms. The summed E-state index contributed by atoms with van der Waals surface area (Å²) in [5.41, 5.74) is 0.636. The molecule has 0 bridgehead atoms. The van der Waals surface area contributed by atoms with Crippen LogP contribution in [0, 0.1) is 5.41 Å². The number of nitrogens with one attached hydrogen (secondary N) is 1. The van der Waals surface area contributed by atoms with Gasteiger partial charge in [0.05, 0.1) is 0 Å². The summed E-state index contributed by atoms with van der Waals surface area (Å²) in [7, 11) is 0. The summed E-state index contributed by atoms with van der Waals surface area (Å²) in [5, 5.41) is 3.45. The Kier molecular flexibility index (Phi) is 6.11. The van der Waals surface area contributed by atoms with Gasteiger partial charge in [-0.25, -0.2) is 0 Å². The van der Waals surface area contributed by atoms with E-state index in [2.05, 4.69) is 29.0 Å². The number of piperazine rings is 1. The quantitative estimate of drug-likeness (QED) is 0.763. The Morgan fingerprint density at radius 1 is 1.05 bits per heavy atom. The first-order chi connectivity index (χ1) is 9.28. The van der Waals surface area contributed by atoms with Crippen LogP contribution >= 0.6 is 0 Å². The molecule has 1 aliphatic carbocycles. The Bertz CT molecular complexity index is 238. The fourth-order valence-corrected chi connectivity index (χ4v) is 3.86. The Morgan fingerprint density at radius 2 is 1.68 bits per heavy atom. The molecule has 19 heavy (non-hydrogen) atoms. The molecule has 1 saturated carbocycles. The lowest BCUT2D eigenvalue weighted by atomic mass is 9.81. The Balaban J connectivity index is 1.83. The zero-order valence-corrected chi connectivity index (χ0v) is 13.1. The van der Waals surface area contributed by atoms with Gasteiger partial charge in [-0.1, -0.05) is 26.7 Å². The highest BCUT2D eigenvalue weighted by Gasteiger charge is 2.35. The lowest BCUT2D eigenvalue weighted by molar-refractivity contribution is 0.125. The van der Waals surface area contributed by atoms with Crippen LogP contribution in [0.3, 0.4) is 0 Å². The molecular weight excluding hydrogens is 234 g/mol. The van der Waals surface area contributed by atoms with Crippen LogP contribution in [0.25, 0.3) is 0 Å². The molecule has 0 aromatic rings. The van der Waals surface area contributed by atoms with Gasteiger partial charge >= 0.3 is 0 Å². The van der Waals surface area contributed by atoms with Gasteiger partial charge in [-0.15, -0.1) is 0 Å². The molecule has 0 atom stereocenters. The molecule has 112 valence electrons. The maximum Gasteiger partial charge on any atom is 0.0107 e. The van der Waals surface area contributed by atoms with Crippen molar-refractivity contribution in [2.75, 3.05) is 52.4 Å². The largest absolute Gasteiger partial charge is 0.314 e.